The van der Waals surface area contributed by atoms with Gasteiger partial charge in [0.1, 0.15) is 17.9 Å². The SMILES string of the molecule is c1cn(-c2ccc(NCc3cnco3)cn2)cn1. The third-order valence-corrected chi connectivity index (χ3v) is 2.47. The Labute approximate surface area is 103 Å². The molecule has 1 N–H and O–H groups in total. The molecular weight excluding hydrogens is 230 g/mol. The summed E-state index contributed by atoms with van der Waals surface area (Å²) in [7, 11) is 0. The summed E-state index contributed by atoms with van der Waals surface area (Å²) in [5, 5.41) is 3.20. The second-order valence-electron chi connectivity index (χ2n) is 3.70. The molecule has 0 aliphatic heterocycles. The van der Waals surface area contributed by atoms with Gasteiger partial charge in [0.25, 0.3) is 0 Å². The van der Waals surface area contributed by atoms with Gasteiger partial charge >= 0.3 is 0 Å². The molecule has 0 aromatic carbocycles. The quantitative estimate of drug-likeness (QED) is 0.755. The van der Waals surface area contributed by atoms with Crippen LogP contribution in [0.3, 0.4) is 0 Å². The first-order valence-electron chi connectivity index (χ1n) is 5.47. The number of imidazole rings is 1. The molecule has 90 valence electrons. The summed E-state index contributed by atoms with van der Waals surface area (Å²) in [4.78, 5) is 12.2. The van der Waals surface area contributed by atoms with Gasteiger partial charge in [-0.05, 0) is 12.1 Å². The first kappa shape index (κ1) is 10.5. The monoisotopic (exact) mass is 241 g/mol. The molecule has 0 amide bonds. The third-order valence-electron chi connectivity index (χ3n) is 2.47. The van der Waals surface area contributed by atoms with Gasteiger partial charge in [-0.3, -0.25) is 4.57 Å². The van der Waals surface area contributed by atoms with E-state index in [9.17, 15) is 0 Å². The lowest BCUT2D eigenvalue weighted by molar-refractivity contribution is 0.511. The van der Waals surface area contributed by atoms with Crippen LogP contribution in [0, 0.1) is 0 Å². The van der Waals surface area contributed by atoms with Crippen LogP contribution >= 0.6 is 0 Å². The molecule has 0 fully saturated rings. The van der Waals surface area contributed by atoms with Gasteiger partial charge in [0.05, 0.1) is 24.6 Å². The predicted molar refractivity (Wildman–Crippen MR) is 65.2 cm³/mol. The molecule has 18 heavy (non-hydrogen) atoms. The van der Waals surface area contributed by atoms with Crippen LogP contribution < -0.4 is 5.32 Å². The van der Waals surface area contributed by atoms with E-state index < -0.39 is 0 Å². The second-order valence-corrected chi connectivity index (χ2v) is 3.70. The van der Waals surface area contributed by atoms with Crippen molar-refractivity contribution in [2.24, 2.45) is 0 Å². The molecule has 0 aliphatic carbocycles. The number of hydrogen-bond donors (Lipinski definition) is 1. The van der Waals surface area contributed by atoms with Gasteiger partial charge in [-0.1, -0.05) is 0 Å². The van der Waals surface area contributed by atoms with E-state index in [4.69, 9.17) is 4.42 Å². The van der Waals surface area contributed by atoms with Crippen LogP contribution in [0.5, 0.6) is 0 Å². The van der Waals surface area contributed by atoms with E-state index >= 15 is 0 Å². The van der Waals surface area contributed by atoms with Crippen molar-refractivity contribution in [1.82, 2.24) is 19.5 Å². The van der Waals surface area contributed by atoms with Gasteiger partial charge in [0.2, 0.25) is 0 Å². The van der Waals surface area contributed by atoms with Crippen molar-refractivity contribution < 1.29 is 4.42 Å². The number of hydrogen-bond acceptors (Lipinski definition) is 5. The number of oxazole rings is 1. The highest BCUT2D eigenvalue weighted by atomic mass is 16.3. The molecule has 0 spiro atoms. The Morgan fingerprint density at radius 2 is 2.22 bits per heavy atom. The fourth-order valence-electron chi connectivity index (χ4n) is 1.56. The van der Waals surface area contributed by atoms with E-state index in [2.05, 4.69) is 20.3 Å². The first-order chi connectivity index (χ1) is 8.92. The Morgan fingerprint density at radius 3 is 2.89 bits per heavy atom. The van der Waals surface area contributed by atoms with Gasteiger partial charge < -0.3 is 9.73 Å². The lowest BCUT2D eigenvalue weighted by Crippen LogP contribution is -2.00. The van der Waals surface area contributed by atoms with Gasteiger partial charge in [-0.25, -0.2) is 15.0 Å². The Morgan fingerprint density at radius 1 is 1.22 bits per heavy atom. The molecule has 3 heterocycles. The summed E-state index contributed by atoms with van der Waals surface area (Å²) >= 11 is 0. The van der Waals surface area contributed by atoms with Crippen molar-refractivity contribution in [3.05, 3.63) is 55.4 Å². The smallest absolute Gasteiger partial charge is 0.180 e. The highest BCUT2D eigenvalue weighted by Crippen LogP contribution is 2.10. The second kappa shape index (κ2) is 4.70. The van der Waals surface area contributed by atoms with Crippen LogP contribution in [0.15, 0.2) is 54.1 Å². The molecule has 6 nitrogen and oxygen atoms in total. The summed E-state index contributed by atoms with van der Waals surface area (Å²) in [5.41, 5.74) is 0.926. The number of anilines is 1. The van der Waals surface area contributed by atoms with Crippen LogP contribution in [0.1, 0.15) is 5.76 Å². The Kier molecular flexibility index (Phi) is 2.75. The Bertz CT molecular complexity index is 586. The van der Waals surface area contributed by atoms with Crippen molar-refractivity contribution in [2.75, 3.05) is 5.32 Å². The molecule has 0 atom stereocenters. The van der Waals surface area contributed by atoms with E-state index in [1.165, 1.54) is 6.39 Å². The standard InChI is InChI=1S/C12H11N5O/c1-2-12(17-4-3-13-8-17)16-5-10(1)15-7-11-6-14-9-18-11/h1-6,8-9,15H,7H2. The highest BCUT2D eigenvalue weighted by Gasteiger charge is 1.99. The minimum absolute atomic E-state index is 0.589. The van der Waals surface area contributed by atoms with Crippen molar-refractivity contribution in [3.63, 3.8) is 0 Å². The maximum absolute atomic E-state index is 5.13. The van der Waals surface area contributed by atoms with E-state index in [-0.39, 0.29) is 0 Å². The average Bonchev–Trinajstić information content (AvgIpc) is 3.10. The maximum atomic E-state index is 5.13. The van der Waals surface area contributed by atoms with E-state index in [1.54, 1.807) is 24.9 Å². The molecule has 0 saturated carbocycles. The Balaban J connectivity index is 1.68. The van der Waals surface area contributed by atoms with Gasteiger partial charge in [-0.2, -0.15) is 0 Å². The largest absolute Gasteiger partial charge is 0.447 e. The van der Waals surface area contributed by atoms with Gasteiger partial charge in [0.15, 0.2) is 6.39 Å². The molecular formula is C12H11N5O. The van der Waals surface area contributed by atoms with Crippen molar-refractivity contribution in [1.29, 1.82) is 0 Å². The number of aromatic nitrogens is 4. The summed E-state index contributed by atoms with van der Waals surface area (Å²) in [6, 6.07) is 3.88. The lowest BCUT2D eigenvalue weighted by Gasteiger charge is -2.05. The van der Waals surface area contributed by atoms with Crippen LogP contribution in [-0.2, 0) is 6.54 Å². The van der Waals surface area contributed by atoms with Crippen molar-refractivity contribution in [3.8, 4) is 5.82 Å². The van der Waals surface area contributed by atoms with E-state index in [0.29, 0.717) is 6.54 Å². The number of pyridine rings is 1. The molecule has 3 rings (SSSR count). The maximum Gasteiger partial charge on any atom is 0.180 e. The van der Waals surface area contributed by atoms with Crippen molar-refractivity contribution in [2.45, 2.75) is 6.54 Å². The Hall–Kier alpha value is -2.63. The number of rotatable bonds is 4. The zero-order valence-electron chi connectivity index (χ0n) is 9.52. The summed E-state index contributed by atoms with van der Waals surface area (Å²) in [6.07, 6.45) is 10.1. The third kappa shape index (κ3) is 2.22. The number of nitrogens with one attached hydrogen (secondary N) is 1. The normalized spacial score (nSPS) is 10.4. The van der Waals surface area contributed by atoms with Gasteiger partial charge in [0, 0.05) is 12.4 Å². The first-order valence-corrected chi connectivity index (χ1v) is 5.47. The molecule has 3 aromatic rings. The van der Waals surface area contributed by atoms with Gasteiger partial charge in [-0.15, -0.1) is 0 Å². The van der Waals surface area contributed by atoms with Crippen molar-refractivity contribution >= 4 is 5.69 Å². The predicted octanol–water partition coefficient (Wildman–Crippen LogP) is 1.87. The van der Waals surface area contributed by atoms with Crippen LogP contribution in [0.25, 0.3) is 5.82 Å². The molecule has 0 radical (unpaired) electrons. The average molecular weight is 241 g/mol. The zero-order valence-corrected chi connectivity index (χ0v) is 9.52. The molecule has 0 bridgehead atoms. The fraction of sp³-hybridized carbons (Fsp3) is 0.0833. The number of nitrogens with zero attached hydrogens (tertiary/aromatic N) is 4. The molecule has 0 saturated heterocycles. The van der Waals surface area contributed by atoms with Crippen LogP contribution in [0.2, 0.25) is 0 Å². The molecule has 3 aromatic heterocycles. The summed E-state index contributed by atoms with van der Waals surface area (Å²) in [6.45, 7) is 0.589. The summed E-state index contributed by atoms with van der Waals surface area (Å²) in [5.74, 6) is 1.62. The zero-order chi connectivity index (χ0) is 12.2. The topological polar surface area (TPSA) is 68.8 Å². The lowest BCUT2D eigenvalue weighted by atomic mass is 10.4. The van der Waals surface area contributed by atoms with Crippen LogP contribution in [0.4, 0.5) is 5.69 Å². The molecule has 0 aliphatic rings. The summed E-state index contributed by atoms with van der Waals surface area (Å²) < 4.78 is 6.98. The molecule has 0 unspecified atom stereocenters. The molecule has 6 heteroatoms. The minimum Gasteiger partial charge on any atom is -0.447 e. The van der Waals surface area contributed by atoms with E-state index in [0.717, 1.165) is 17.3 Å². The minimum atomic E-state index is 0.589. The fourth-order valence-corrected chi connectivity index (χ4v) is 1.56. The van der Waals surface area contributed by atoms with Crippen LogP contribution in [-0.4, -0.2) is 19.5 Å². The highest BCUT2D eigenvalue weighted by molar-refractivity contribution is 5.43. The van der Waals surface area contributed by atoms with E-state index in [1.807, 2.05) is 22.9 Å².